The Hall–Kier alpha value is -5.34. The van der Waals surface area contributed by atoms with Crippen LogP contribution in [-0.2, 0) is 23.6 Å². The van der Waals surface area contributed by atoms with Gasteiger partial charge in [-0.2, -0.15) is 0 Å². The third-order valence-electron chi connectivity index (χ3n) is 7.90. The number of amides is 1. The van der Waals surface area contributed by atoms with Crippen molar-refractivity contribution in [2.24, 2.45) is 0 Å². The fraction of sp³-hybridized carbons (Fsp3) is 0.0769. The molecule has 0 fully saturated rings. The van der Waals surface area contributed by atoms with Crippen LogP contribution >= 0.6 is 23.2 Å². The first-order chi connectivity index (χ1) is 23.4. The molecule has 6 rings (SSSR count). The lowest BCUT2D eigenvalue weighted by molar-refractivity contribution is -0.0475. The summed E-state index contributed by atoms with van der Waals surface area (Å²) in [6, 6.07) is 42.9. The number of hydrogen-bond donors (Lipinski definition) is 2. The van der Waals surface area contributed by atoms with Crippen LogP contribution in [-0.4, -0.2) is 21.6 Å². The molecule has 6 aromatic rings. The van der Waals surface area contributed by atoms with E-state index < -0.39 is 17.5 Å². The zero-order valence-corrected chi connectivity index (χ0v) is 27.1. The number of nitrogens with one attached hydrogen (secondary N) is 1. The van der Waals surface area contributed by atoms with Crippen molar-refractivity contribution in [1.82, 2.24) is 10.0 Å². The Morgan fingerprint density at radius 1 is 0.729 bits per heavy atom. The van der Waals surface area contributed by atoms with Crippen molar-refractivity contribution in [2.75, 3.05) is 0 Å². The van der Waals surface area contributed by atoms with Crippen LogP contribution in [0.4, 0.5) is 0 Å². The van der Waals surface area contributed by atoms with Crippen LogP contribution in [0.2, 0.25) is 10.0 Å². The van der Waals surface area contributed by atoms with Crippen LogP contribution in [0.5, 0.6) is 5.75 Å². The van der Waals surface area contributed by atoms with Crippen molar-refractivity contribution in [1.29, 1.82) is 0 Å². The summed E-state index contributed by atoms with van der Waals surface area (Å²) in [5.41, 5.74) is 4.87. The summed E-state index contributed by atoms with van der Waals surface area (Å²) in [7, 11) is 0. The minimum atomic E-state index is -1.27. The van der Waals surface area contributed by atoms with Gasteiger partial charge in [0.2, 0.25) is 0 Å². The van der Waals surface area contributed by atoms with Gasteiger partial charge in [-0.05, 0) is 34.4 Å². The Morgan fingerprint density at radius 2 is 1.25 bits per heavy atom. The minimum absolute atomic E-state index is 0.0310. The first kappa shape index (κ1) is 32.6. The standard InChI is InChI=1S/C39H30Cl2N2O5/c40-32-22-21-28(34(41)23-32)26-47-36-33(25-43(35(36)38(45)46)24-27-13-5-1-6-14-27)37(44)42-48-39(29-15-7-2-8-16-29,30-17-9-3-10-18-30)31-19-11-4-12-20-31/h1-23,25H,24,26H2,(H,42,44)(H,45,46). The average molecular weight is 678 g/mol. The highest BCUT2D eigenvalue weighted by Gasteiger charge is 2.39. The summed E-state index contributed by atoms with van der Waals surface area (Å²) in [5, 5.41) is 11.2. The number of aromatic carboxylic acids is 1. The lowest BCUT2D eigenvalue weighted by atomic mass is 9.80. The molecular formula is C39H30Cl2N2O5. The maximum absolute atomic E-state index is 14.2. The summed E-state index contributed by atoms with van der Waals surface area (Å²) >= 11 is 12.5. The Bertz CT molecular complexity index is 1920. The van der Waals surface area contributed by atoms with Crippen LogP contribution in [0.3, 0.4) is 0 Å². The van der Waals surface area contributed by atoms with E-state index in [1.807, 2.05) is 121 Å². The minimum Gasteiger partial charge on any atom is -0.485 e. The predicted molar refractivity (Wildman–Crippen MR) is 185 cm³/mol. The molecule has 0 unspecified atom stereocenters. The Morgan fingerprint density at radius 3 is 1.75 bits per heavy atom. The van der Waals surface area contributed by atoms with Gasteiger partial charge in [-0.15, -0.1) is 0 Å². The highest BCUT2D eigenvalue weighted by atomic mass is 35.5. The molecular weight excluding hydrogens is 647 g/mol. The van der Waals surface area contributed by atoms with E-state index in [-0.39, 0.29) is 30.2 Å². The van der Waals surface area contributed by atoms with E-state index in [0.717, 1.165) is 22.3 Å². The first-order valence-electron chi connectivity index (χ1n) is 15.1. The van der Waals surface area contributed by atoms with Gasteiger partial charge in [0.1, 0.15) is 12.2 Å². The molecule has 1 heterocycles. The topological polar surface area (TPSA) is 89.8 Å². The van der Waals surface area contributed by atoms with Crippen LogP contribution < -0.4 is 10.2 Å². The van der Waals surface area contributed by atoms with Crippen molar-refractivity contribution in [3.8, 4) is 5.75 Å². The van der Waals surface area contributed by atoms with E-state index in [2.05, 4.69) is 5.48 Å². The van der Waals surface area contributed by atoms with Gasteiger partial charge in [0.15, 0.2) is 17.0 Å². The number of hydrogen-bond acceptors (Lipinski definition) is 4. The molecule has 0 aliphatic carbocycles. The third kappa shape index (κ3) is 6.85. The van der Waals surface area contributed by atoms with E-state index >= 15 is 0 Å². The fourth-order valence-electron chi connectivity index (χ4n) is 5.63. The highest BCUT2D eigenvalue weighted by molar-refractivity contribution is 6.35. The van der Waals surface area contributed by atoms with Gasteiger partial charge in [0.25, 0.3) is 5.91 Å². The molecule has 1 aromatic heterocycles. The smallest absolute Gasteiger partial charge is 0.356 e. The molecule has 7 nitrogen and oxygen atoms in total. The quantitative estimate of drug-likeness (QED) is 0.0999. The second-order valence-corrected chi connectivity index (χ2v) is 11.8. The Labute approximate surface area is 287 Å². The van der Waals surface area contributed by atoms with Crippen molar-refractivity contribution < 1.29 is 24.3 Å². The molecule has 0 spiro atoms. The molecule has 48 heavy (non-hydrogen) atoms. The third-order valence-corrected chi connectivity index (χ3v) is 8.49. The fourth-order valence-corrected chi connectivity index (χ4v) is 6.09. The molecule has 0 radical (unpaired) electrons. The van der Waals surface area contributed by atoms with Crippen LogP contribution in [0.1, 0.15) is 48.7 Å². The molecule has 0 saturated carbocycles. The number of nitrogens with zero attached hydrogens (tertiary/aromatic N) is 1. The zero-order chi connectivity index (χ0) is 33.5. The number of benzene rings is 5. The normalized spacial score (nSPS) is 11.2. The predicted octanol–water partition coefficient (Wildman–Crippen LogP) is 8.77. The summed E-state index contributed by atoms with van der Waals surface area (Å²) in [5.74, 6) is -2.10. The number of aromatic nitrogens is 1. The van der Waals surface area contributed by atoms with Gasteiger partial charge < -0.3 is 14.4 Å². The first-order valence-corrected chi connectivity index (χ1v) is 15.8. The molecule has 1 amide bonds. The van der Waals surface area contributed by atoms with Gasteiger partial charge in [-0.25, -0.2) is 10.3 Å². The molecule has 0 aliphatic heterocycles. The van der Waals surface area contributed by atoms with Crippen molar-refractivity contribution in [3.63, 3.8) is 0 Å². The number of carbonyl (C=O) groups is 2. The molecule has 240 valence electrons. The zero-order valence-electron chi connectivity index (χ0n) is 25.6. The lowest BCUT2D eigenvalue weighted by Gasteiger charge is -2.35. The number of ether oxygens (including phenoxy) is 1. The van der Waals surface area contributed by atoms with Crippen LogP contribution in [0.25, 0.3) is 0 Å². The van der Waals surface area contributed by atoms with Gasteiger partial charge in [-0.3, -0.25) is 9.63 Å². The van der Waals surface area contributed by atoms with Gasteiger partial charge in [0, 0.05) is 28.4 Å². The Balaban J connectivity index is 1.42. The molecule has 9 heteroatoms. The van der Waals surface area contributed by atoms with E-state index in [4.69, 9.17) is 32.8 Å². The van der Waals surface area contributed by atoms with Crippen LogP contribution in [0.15, 0.2) is 146 Å². The van der Waals surface area contributed by atoms with Gasteiger partial charge >= 0.3 is 5.97 Å². The number of halogens is 2. The van der Waals surface area contributed by atoms with Gasteiger partial charge in [-0.1, -0.05) is 151 Å². The number of carboxylic acid groups (broad SMARTS) is 1. The van der Waals surface area contributed by atoms with Crippen LogP contribution in [0, 0.1) is 0 Å². The molecule has 0 atom stereocenters. The van der Waals surface area contributed by atoms with Crippen molar-refractivity contribution >= 4 is 35.1 Å². The van der Waals surface area contributed by atoms with Crippen molar-refractivity contribution in [3.05, 3.63) is 195 Å². The summed E-state index contributed by atoms with van der Waals surface area (Å²) in [4.78, 5) is 33.5. The number of hydroxylamine groups is 1. The highest BCUT2D eigenvalue weighted by Crippen LogP contribution is 2.40. The second-order valence-electron chi connectivity index (χ2n) is 11.0. The maximum atomic E-state index is 14.2. The summed E-state index contributed by atoms with van der Waals surface area (Å²) in [6.45, 7) is 0.0609. The number of rotatable bonds is 12. The Kier molecular flexibility index (Phi) is 9.92. The molecule has 0 saturated heterocycles. The second kappa shape index (κ2) is 14.6. The van der Waals surface area contributed by atoms with Crippen molar-refractivity contribution in [2.45, 2.75) is 18.8 Å². The molecule has 2 N–H and O–H groups in total. The monoisotopic (exact) mass is 676 g/mol. The SMILES string of the molecule is O=C(NOC(c1ccccc1)(c1ccccc1)c1ccccc1)c1cn(Cc2ccccc2)c(C(=O)O)c1OCc1ccc(Cl)cc1Cl. The summed E-state index contributed by atoms with van der Waals surface area (Å²) in [6.07, 6.45) is 1.46. The van der Waals surface area contributed by atoms with E-state index in [9.17, 15) is 14.7 Å². The molecule has 0 bridgehead atoms. The van der Waals surface area contributed by atoms with E-state index in [0.29, 0.717) is 15.6 Å². The van der Waals surface area contributed by atoms with E-state index in [1.165, 1.54) is 10.8 Å². The number of carbonyl (C=O) groups excluding carboxylic acids is 1. The lowest BCUT2D eigenvalue weighted by Crippen LogP contribution is -2.40. The molecule has 0 aliphatic rings. The van der Waals surface area contributed by atoms with E-state index in [1.54, 1.807) is 18.2 Å². The number of carboxylic acids is 1. The summed E-state index contributed by atoms with van der Waals surface area (Å²) < 4.78 is 7.59. The largest absolute Gasteiger partial charge is 0.485 e. The molecule has 5 aromatic carbocycles. The average Bonchev–Trinajstić information content (AvgIpc) is 3.48. The maximum Gasteiger partial charge on any atom is 0.356 e. The van der Waals surface area contributed by atoms with Gasteiger partial charge in [0.05, 0.1) is 0 Å².